The normalized spacial score (nSPS) is 18.1. The SMILES string of the molecule is CCC(CC)(CNC(C)C)CN(C)CC1CCOCC1. The van der Waals surface area contributed by atoms with E-state index in [4.69, 9.17) is 4.74 Å². The Morgan fingerprint density at radius 1 is 1.20 bits per heavy atom. The molecule has 0 atom stereocenters. The molecule has 3 nitrogen and oxygen atoms in total. The molecule has 0 aromatic heterocycles. The molecule has 1 heterocycles. The largest absolute Gasteiger partial charge is 0.381 e. The van der Waals surface area contributed by atoms with Crippen LogP contribution >= 0.6 is 0 Å². The van der Waals surface area contributed by atoms with Crippen LogP contribution < -0.4 is 5.32 Å². The lowest BCUT2D eigenvalue weighted by Gasteiger charge is -2.38. The molecule has 0 unspecified atom stereocenters. The summed E-state index contributed by atoms with van der Waals surface area (Å²) in [5, 5.41) is 3.65. The first kappa shape index (κ1) is 17.9. The lowest BCUT2D eigenvalue weighted by Crippen LogP contribution is -2.45. The average molecular weight is 284 g/mol. The summed E-state index contributed by atoms with van der Waals surface area (Å²) in [4.78, 5) is 2.56. The van der Waals surface area contributed by atoms with Crippen LogP contribution in [0, 0.1) is 11.3 Å². The molecular weight excluding hydrogens is 248 g/mol. The second-order valence-corrected chi connectivity index (χ2v) is 7.00. The predicted molar refractivity (Wildman–Crippen MR) is 87.2 cm³/mol. The number of nitrogens with zero attached hydrogens (tertiary/aromatic N) is 1. The van der Waals surface area contributed by atoms with Gasteiger partial charge in [0, 0.05) is 38.9 Å². The topological polar surface area (TPSA) is 24.5 Å². The molecule has 0 bridgehead atoms. The fourth-order valence-electron chi connectivity index (χ4n) is 3.21. The molecule has 0 aromatic carbocycles. The molecule has 0 aromatic rings. The summed E-state index contributed by atoms with van der Waals surface area (Å²) in [6.07, 6.45) is 4.97. The fraction of sp³-hybridized carbons (Fsp3) is 1.00. The molecule has 120 valence electrons. The molecule has 0 saturated carbocycles. The molecule has 1 N–H and O–H groups in total. The second kappa shape index (κ2) is 9.01. The Morgan fingerprint density at radius 3 is 2.30 bits per heavy atom. The predicted octanol–water partition coefficient (Wildman–Crippen LogP) is 3.15. The molecular formula is C17H36N2O. The van der Waals surface area contributed by atoms with Gasteiger partial charge >= 0.3 is 0 Å². The van der Waals surface area contributed by atoms with Crippen molar-refractivity contribution in [3.05, 3.63) is 0 Å². The number of ether oxygens (including phenoxy) is 1. The highest BCUT2D eigenvalue weighted by molar-refractivity contribution is 4.83. The van der Waals surface area contributed by atoms with Crippen molar-refractivity contribution in [3.8, 4) is 0 Å². The zero-order valence-electron chi connectivity index (χ0n) is 14.4. The standard InChI is InChI=1S/C17H36N2O/c1-6-17(7-2,13-18-15(3)4)14-19(5)12-16-8-10-20-11-9-16/h15-16,18H,6-14H2,1-5H3. The van der Waals surface area contributed by atoms with Crippen molar-refractivity contribution >= 4 is 0 Å². The number of hydrogen-bond donors (Lipinski definition) is 1. The van der Waals surface area contributed by atoms with E-state index in [9.17, 15) is 0 Å². The van der Waals surface area contributed by atoms with E-state index < -0.39 is 0 Å². The smallest absolute Gasteiger partial charge is 0.0469 e. The van der Waals surface area contributed by atoms with Crippen molar-refractivity contribution < 1.29 is 4.74 Å². The van der Waals surface area contributed by atoms with Gasteiger partial charge in [0.25, 0.3) is 0 Å². The number of nitrogens with one attached hydrogen (secondary N) is 1. The van der Waals surface area contributed by atoms with E-state index in [1.165, 1.54) is 38.8 Å². The summed E-state index contributed by atoms with van der Waals surface area (Å²) in [7, 11) is 2.30. The van der Waals surface area contributed by atoms with Crippen LogP contribution in [0.3, 0.4) is 0 Å². The first-order valence-corrected chi connectivity index (χ1v) is 8.51. The molecule has 1 aliphatic heterocycles. The van der Waals surface area contributed by atoms with Gasteiger partial charge in [-0.3, -0.25) is 0 Å². The second-order valence-electron chi connectivity index (χ2n) is 7.00. The maximum atomic E-state index is 5.46. The van der Waals surface area contributed by atoms with Crippen molar-refractivity contribution in [2.24, 2.45) is 11.3 Å². The Kier molecular flexibility index (Phi) is 8.08. The van der Waals surface area contributed by atoms with Gasteiger partial charge in [0.2, 0.25) is 0 Å². The zero-order valence-corrected chi connectivity index (χ0v) is 14.4. The van der Waals surface area contributed by atoms with Crippen LogP contribution in [0.2, 0.25) is 0 Å². The van der Waals surface area contributed by atoms with E-state index >= 15 is 0 Å². The molecule has 1 aliphatic rings. The van der Waals surface area contributed by atoms with Crippen LogP contribution in [0.4, 0.5) is 0 Å². The first-order chi connectivity index (χ1) is 9.51. The van der Waals surface area contributed by atoms with E-state index in [2.05, 4.69) is 45.0 Å². The zero-order chi connectivity index (χ0) is 15.0. The molecule has 1 fully saturated rings. The Hall–Kier alpha value is -0.120. The summed E-state index contributed by atoms with van der Waals surface area (Å²) in [6.45, 7) is 14.6. The van der Waals surface area contributed by atoms with Gasteiger partial charge < -0.3 is 15.0 Å². The molecule has 0 amide bonds. The monoisotopic (exact) mass is 284 g/mol. The molecule has 0 spiro atoms. The minimum Gasteiger partial charge on any atom is -0.381 e. The van der Waals surface area contributed by atoms with Crippen LogP contribution in [0.15, 0.2) is 0 Å². The number of hydrogen-bond acceptors (Lipinski definition) is 3. The number of rotatable bonds is 9. The van der Waals surface area contributed by atoms with E-state index in [1.807, 2.05) is 0 Å². The molecule has 3 heteroatoms. The Labute approximate surface area is 126 Å². The third kappa shape index (κ3) is 6.11. The highest BCUT2D eigenvalue weighted by Gasteiger charge is 2.28. The highest BCUT2D eigenvalue weighted by Crippen LogP contribution is 2.27. The van der Waals surface area contributed by atoms with Crippen LogP contribution in [-0.2, 0) is 4.74 Å². The van der Waals surface area contributed by atoms with Gasteiger partial charge in [-0.2, -0.15) is 0 Å². The Morgan fingerprint density at radius 2 is 1.80 bits per heavy atom. The van der Waals surface area contributed by atoms with Crippen LogP contribution in [0.1, 0.15) is 53.4 Å². The summed E-state index contributed by atoms with van der Waals surface area (Å²) in [6, 6.07) is 0.577. The van der Waals surface area contributed by atoms with Gasteiger partial charge in [-0.1, -0.05) is 27.7 Å². The summed E-state index contributed by atoms with van der Waals surface area (Å²) in [5.74, 6) is 0.832. The minimum atomic E-state index is 0.421. The Balaban J connectivity index is 2.45. The van der Waals surface area contributed by atoms with Gasteiger partial charge in [-0.15, -0.1) is 0 Å². The van der Waals surface area contributed by atoms with E-state index in [-0.39, 0.29) is 0 Å². The molecule has 0 aliphatic carbocycles. The quantitative estimate of drug-likeness (QED) is 0.704. The van der Waals surface area contributed by atoms with Crippen molar-refractivity contribution in [3.63, 3.8) is 0 Å². The molecule has 1 saturated heterocycles. The summed E-state index contributed by atoms with van der Waals surface area (Å²) >= 11 is 0. The van der Waals surface area contributed by atoms with Crippen LogP contribution in [0.25, 0.3) is 0 Å². The van der Waals surface area contributed by atoms with Gasteiger partial charge in [0.05, 0.1) is 0 Å². The lowest BCUT2D eigenvalue weighted by molar-refractivity contribution is 0.0480. The van der Waals surface area contributed by atoms with Crippen LogP contribution in [0.5, 0.6) is 0 Å². The van der Waals surface area contributed by atoms with Crippen molar-refractivity contribution in [2.75, 3.05) is 39.9 Å². The maximum Gasteiger partial charge on any atom is 0.0469 e. The lowest BCUT2D eigenvalue weighted by atomic mass is 9.81. The molecule has 1 rings (SSSR count). The third-order valence-corrected chi connectivity index (χ3v) is 4.90. The van der Waals surface area contributed by atoms with E-state index in [1.54, 1.807) is 0 Å². The van der Waals surface area contributed by atoms with Gasteiger partial charge in [-0.05, 0) is 44.1 Å². The molecule has 0 radical (unpaired) electrons. The van der Waals surface area contributed by atoms with Crippen molar-refractivity contribution in [1.29, 1.82) is 0 Å². The van der Waals surface area contributed by atoms with Crippen molar-refractivity contribution in [1.82, 2.24) is 10.2 Å². The van der Waals surface area contributed by atoms with Gasteiger partial charge in [0.1, 0.15) is 0 Å². The Bertz CT molecular complexity index is 245. The first-order valence-electron chi connectivity index (χ1n) is 8.51. The van der Waals surface area contributed by atoms with E-state index in [0.717, 1.165) is 25.7 Å². The summed E-state index contributed by atoms with van der Waals surface area (Å²) in [5.41, 5.74) is 0.421. The summed E-state index contributed by atoms with van der Waals surface area (Å²) < 4.78 is 5.46. The van der Waals surface area contributed by atoms with Crippen LogP contribution in [-0.4, -0.2) is 50.8 Å². The van der Waals surface area contributed by atoms with Gasteiger partial charge in [0.15, 0.2) is 0 Å². The minimum absolute atomic E-state index is 0.421. The fourth-order valence-corrected chi connectivity index (χ4v) is 3.21. The highest BCUT2D eigenvalue weighted by atomic mass is 16.5. The maximum absolute atomic E-state index is 5.46. The van der Waals surface area contributed by atoms with Gasteiger partial charge in [-0.25, -0.2) is 0 Å². The molecule has 20 heavy (non-hydrogen) atoms. The van der Waals surface area contributed by atoms with E-state index in [0.29, 0.717) is 11.5 Å². The average Bonchev–Trinajstić information content (AvgIpc) is 2.44. The van der Waals surface area contributed by atoms with Crippen molar-refractivity contribution in [2.45, 2.75) is 59.4 Å². The third-order valence-electron chi connectivity index (χ3n) is 4.90.